The lowest BCUT2D eigenvalue weighted by atomic mass is 10.2. The average molecular weight is 189 g/mol. The van der Waals surface area contributed by atoms with Gasteiger partial charge in [0, 0.05) is 24.7 Å². The Labute approximate surface area is 79.6 Å². The Hall–Kier alpha value is -0.0500. The van der Waals surface area contributed by atoms with Gasteiger partial charge < -0.3 is 5.32 Å². The van der Waals surface area contributed by atoms with Crippen LogP contribution >= 0.6 is 11.6 Å². The second-order valence-electron chi connectivity index (χ2n) is 3.52. The molecule has 1 saturated heterocycles. The number of rotatable bonds is 3. The molecule has 0 aromatic rings. The van der Waals surface area contributed by atoms with Crippen LogP contribution in [-0.4, -0.2) is 37.6 Å². The van der Waals surface area contributed by atoms with Crippen LogP contribution in [0.2, 0.25) is 0 Å². The fourth-order valence-electron chi connectivity index (χ4n) is 1.57. The summed E-state index contributed by atoms with van der Waals surface area (Å²) < 4.78 is 0. The molecule has 1 aliphatic heterocycles. The zero-order chi connectivity index (χ0) is 8.97. The van der Waals surface area contributed by atoms with E-state index in [4.69, 9.17) is 11.6 Å². The van der Waals surface area contributed by atoms with E-state index in [-0.39, 0.29) is 0 Å². The van der Waals surface area contributed by atoms with E-state index in [1.54, 1.807) is 5.54 Å². The maximum absolute atomic E-state index is 5.60. The van der Waals surface area contributed by atoms with Crippen LogP contribution in [0.4, 0.5) is 0 Å². The Morgan fingerprint density at radius 2 is 2.50 bits per heavy atom. The van der Waals surface area contributed by atoms with Crippen molar-refractivity contribution in [2.75, 3.05) is 26.7 Å². The third kappa shape index (κ3) is 2.77. The molecule has 0 aromatic carbocycles. The standard InChI is InChI=1S/C9H17ClN2/c1-8(5-10)7-12(2)9-3-4-11-6-9/h5,9,11H,3-4,6-7H2,1-2H3. The van der Waals surface area contributed by atoms with Crippen molar-refractivity contribution in [3.63, 3.8) is 0 Å². The lowest BCUT2D eigenvalue weighted by Gasteiger charge is -2.23. The molecule has 0 bridgehead atoms. The summed E-state index contributed by atoms with van der Waals surface area (Å²) in [6.07, 6.45) is 1.26. The van der Waals surface area contributed by atoms with Gasteiger partial charge in [-0.15, -0.1) is 0 Å². The monoisotopic (exact) mass is 188 g/mol. The summed E-state index contributed by atoms with van der Waals surface area (Å²) >= 11 is 5.60. The largest absolute Gasteiger partial charge is 0.315 e. The summed E-state index contributed by atoms with van der Waals surface area (Å²) in [5.74, 6) is 0. The molecule has 12 heavy (non-hydrogen) atoms. The Kier molecular flexibility index (Phi) is 4.06. The molecule has 1 heterocycles. The zero-order valence-corrected chi connectivity index (χ0v) is 8.56. The van der Waals surface area contributed by atoms with Gasteiger partial charge in [-0.25, -0.2) is 0 Å². The maximum atomic E-state index is 5.60. The maximum Gasteiger partial charge on any atom is 0.0233 e. The van der Waals surface area contributed by atoms with Gasteiger partial charge in [-0.1, -0.05) is 11.6 Å². The number of likely N-dealkylation sites (N-methyl/N-ethyl adjacent to an activating group) is 1. The van der Waals surface area contributed by atoms with Crippen LogP contribution in [-0.2, 0) is 0 Å². The minimum atomic E-state index is 0.691. The van der Waals surface area contributed by atoms with Crippen LogP contribution in [0.1, 0.15) is 13.3 Å². The van der Waals surface area contributed by atoms with E-state index in [1.165, 1.54) is 12.0 Å². The molecule has 2 nitrogen and oxygen atoms in total. The molecule has 0 aromatic heterocycles. The number of nitrogens with zero attached hydrogens (tertiary/aromatic N) is 1. The summed E-state index contributed by atoms with van der Waals surface area (Å²) in [5.41, 5.74) is 2.89. The Bertz CT molecular complexity index is 162. The summed E-state index contributed by atoms with van der Waals surface area (Å²) in [6.45, 7) is 5.31. The molecule has 0 amide bonds. The molecule has 1 atom stereocenters. The third-order valence-corrected chi connectivity index (χ3v) is 2.72. The van der Waals surface area contributed by atoms with Crippen LogP contribution in [0.25, 0.3) is 0 Å². The number of hydrogen-bond donors (Lipinski definition) is 1. The summed E-state index contributed by atoms with van der Waals surface area (Å²) in [5, 5.41) is 3.35. The first-order chi connectivity index (χ1) is 5.74. The van der Waals surface area contributed by atoms with E-state index in [0.717, 1.165) is 19.6 Å². The van der Waals surface area contributed by atoms with Gasteiger partial charge in [-0.3, -0.25) is 4.90 Å². The molecule has 1 unspecified atom stereocenters. The van der Waals surface area contributed by atoms with E-state index in [9.17, 15) is 0 Å². The predicted molar refractivity (Wildman–Crippen MR) is 53.5 cm³/mol. The van der Waals surface area contributed by atoms with Crippen LogP contribution in [0, 0.1) is 0 Å². The quantitative estimate of drug-likeness (QED) is 0.721. The molecule has 1 N–H and O–H groups in total. The van der Waals surface area contributed by atoms with Crippen molar-refractivity contribution in [1.29, 1.82) is 0 Å². The molecular weight excluding hydrogens is 172 g/mol. The van der Waals surface area contributed by atoms with Gasteiger partial charge in [0.2, 0.25) is 0 Å². The molecule has 3 heteroatoms. The molecule has 0 saturated carbocycles. The van der Waals surface area contributed by atoms with Gasteiger partial charge in [-0.05, 0) is 32.5 Å². The van der Waals surface area contributed by atoms with Gasteiger partial charge in [0.15, 0.2) is 0 Å². The Morgan fingerprint density at radius 3 is 3.00 bits per heavy atom. The highest BCUT2D eigenvalue weighted by Gasteiger charge is 2.18. The van der Waals surface area contributed by atoms with Crippen LogP contribution in [0.15, 0.2) is 11.1 Å². The summed E-state index contributed by atoms with van der Waals surface area (Å²) in [4.78, 5) is 2.36. The van der Waals surface area contributed by atoms with Crippen molar-refractivity contribution in [3.8, 4) is 0 Å². The highest BCUT2D eigenvalue weighted by atomic mass is 35.5. The topological polar surface area (TPSA) is 15.3 Å². The van der Waals surface area contributed by atoms with Gasteiger partial charge in [0.1, 0.15) is 0 Å². The van der Waals surface area contributed by atoms with Crippen LogP contribution in [0.3, 0.4) is 0 Å². The highest BCUT2D eigenvalue weighted by Crippen LogP contribution is 2.08. The fourth-order valence-corrected chi connectivity index (χ4v) is 1.64. The molecule has 0 spiro atoms. The zero-order valence-electron chi connectivity index (χ0n) is 7.81. The first-order valence-corrected chi connectivity index (χ1v) is 4.84. The third-order valence-electron chi connectivity index (χ3n) is 2.34. The van der Waals surface area contributed by atoms with Crippen LogP contribution in [0.5, 0.6) is 0 Å². The molecule has 1 aliphatic rings. The molecular formula is C9H17ClN2. The number of halogens is 1. The second-order valence-corrected chi connectivity index (χ2v) is 3.74. The van der Waals surface area contributed by atoms with Crippen molar-refractivity contribution in [2.45, 2.75) is 19.4 Å². The van der Waals surface area contributed by atoms with Gasteiger partial charge in [0.05, 0.1) is 0 Å². The normalized spacial score (nSPS) is 25.3. The summed E-state index contributed by atoms with van der Waals surface area (Å²) in [7, 11) is 2.15. The minimum absolute atomic E-state index is 0.691. The Balaban J connectivity index is 2.31. The van der Waals surface area contributed by atoms with Crippen molar-refractivity contribution >= 4 is 11.6 Å². The smallest absolute Gasteiger partial charge is 0.0233 e. The van der Waals surface area contributed by atoms with E-state index in [0.29, 0.717) is 6.04 Å². The lowest BCUT2D eigenvalue weighted by Crippen LogP contribution is -2.34. The SMILES string of the molecule is CC(=CCl)CN(C)C1CCNC1. The molecule has 1 rings (SSSR count). The second kappa shape index (κ2) is 4.85. The lowest BCUT2D eigenvalue weighted by molar-refractivity contribution is 0.278. The number of nitrogens with one attached hydrogen (secondary N) is 1. The van der Waals surface area contributed by atoms with Crippen molar-refractivity contribution in [1.82, 2.24) is 10.2 Å². The highest BCUT2D eigenvalue weighted by molar-refractivity contribution is 6.25. The van der Waals surface area contributed by atoms with Crippen molar-refractivity contribution < 1.29 is 0 Å². The van der Waals surface area contributed by atoms with E-state index in [2.05, 4.69) is 24.2 Å². The molecule has 70 valence electrons. The van der Waals surface area contributed by atoms with Crippen LogP contribution < -0.4 is 5.32 Å². The first-order valence-electron chi connectivity index (χ1n) is 4.41. The first kappa shape index (κ1) is 10.0. The van der Waals surface area contributed by atoms with E-state index < -0.39 is 0 Å². The van der Waals surface area contributed by atoms with Gasteiger partial charge in [-0.2, -0.15) is 0 Å². The minimum Gasteiger partial charge on any atom is -0.315 e. The van der Waals surface area contributed by atoms with Gasteiger partial charge >= 0.3 is 0 Å². The average Bonchev–Trinajstić information content (AvgIpc) is 2.56. The molecule has 0 aliphatic carbocycles. The Morgan fingerprint density at radius 1 is 1.75 bits per heavy atom. The summed E-state index contributed by atoms with van der Waals surface area (Å²) in [6, 6.07) is 0.691. The molecule has 0 radical (unpaired) electrons. The molecule has 1 fully saturated rings. The van der Waals surface area contributed by atoms with E-state index in [1.807, 2.05) is 0 Å². The van der Waals surface area contributed by atoms with Crippen molar-refractivity contribution in [3.05, 3.63) is 11.1 Å². The fraction of sp³-hybridized carbons (Fsp3) is 0.778. The van der Waals surface area contributed by atoms with Crippen molar-refractivity contribution in [2.24, 2.45) is 0 Å². The predicted octanol–water partition coefficient (Wildman–Crippen LogP) is 1.42. The van der Waals surface area contributed by atoms with Gasteiger partial charge in [0.25, 0.3) is 0 Å². The van der Waals surface area contributed by atoms with E-state index >= 15 is 0 Å². The number of hydrogen-bond acceptors (Lipinski definition) is 2.